The maximum absolute atomic E-state index is 11.1. The van der Waals surface area contributed by atoms with Crippen LogP contribution in [0.25, 0.3) is 0 Å². The highest BCUT2D eigenvalue weighted by Gasteiger charge is 2.07. The van der Waals surface area contributed by atoms with Gasteiger partial charge in [0.05, 0.1) is 20.1 Å². The van der Waals surface area contributed by atoms with E-state index in [1.807, 2.05) is 24.1 Å². The molecule has 90 valence electrons. The Bertz CT molecular complexity index is 338. The Morgan fingerprint density at radius 1 is 1.50 bits per heavy atom. The van der Waals surface area contributed by atoms with E-state index < -0.39 is 0 Å². The van der Waals surface area contributed by atoms with Crippen molar-refractivity contribution in [3.63, 3.8) is 0 Å². The average molecular weight is 243 g/mol. The van der Waals surface area contributed by atoms with Crippen LogP contribution in [0, 0.1) is 0 Å². The summed E-state index contributed by atoms with van der Waals surface area (Å²) in [4.78, 5) is 15.3. The highest BCUT2D eigenvalue weighted by atomic mass is 32.1. The first-order chi connectivity index (χ1) is 7.65. The molecule has 0 aromatic carbocycles. The first kappa shape index (κ1) is 13.2. The Labute approximate surface area is 99.5 Å². The molecule has 0 atom stereocenters. The number of aliphatic hydroxyl groups is 1. The summed E-state index contributed by atoms with van der Waals surface area (Å²) in [6.07, 6.45) is 0.338. The predicted molar refractivity (Wildman–Crippen MR) is 63.5 cm³/mol. The second kappa shape index (κ2) is 6.62. The molecule has 0 aliphatic rings. The van der Waals surface area contributed by atoms with Crippen molar-refractivity contribution in [3.8, 4) is 0 Å². The largest absolute Gasteiger partial charge is 0.469 e. The number of esters is 1. The number of ether oxygens (including phenoxy) is 1. The van der Waals surface area contributed by atoms with E-state index in [4.69, 9.17) is 5.11 Å². The third-order valence-corrected chi connectivity index (χ3v) is 3.24. The fourth-order valence-electron chi connectivity index (χ4n) is 1.33. The zero-order valence-electron chi connectivity index (χ0n) is 9.60. The first-order valence-corrected chi connectivity index (χ1v) is 5.91. The van der Waals surface area contributed by atoms with Gasteiger partial charge in [0.25, 0.3) is 0 Å². The summed E-state index contributed by atoms with van der Waals surface area (Å²) >= 11 is 1.61. The van der Waals surface area contributed by atoms with Gasteiger partial charge in [-0.05, 0) is 19.2 Å². The SMILES string of the molecule is COC(=O)Cc1ccc(CN(C)CCO)s1. The van der Waals surface area contributed by atoms with Crippen molar-refractivity contribution < 1.29 is 14.6 Å². The lowest BCUT2D eigenvalue weighted by atomic mass is 10.3. The number of carbonyl (C=O) groups is 1. The summed E-state index contributed by atoms with van der Waals surface area (Å²) in [6, 6.07) is 3.96. The second-order valence-electron chi connectivity index (χ2n) is 3.58. The Balaban J connectivity index is 2.48. The normalized spacial score (nSPS) is 10.8. The van der Waals surface area contributed by atoms with Gasteiger partial charge in [0.1, 0.15) is 0 Å². The number of nitrogens with zero attached hydrogens (tertiary/aromatic N) is 1. The molecule has 0 bridgehead atoms. The van der Waals surface area contributed by atoms with E-state index in [0.29, 0.717) is 13.0 Å². The standard InChI is InChI=1S/C11H17NO3S/c1-12(5-6-13)8-10-4-3-9(16-10)7-11(14)15-2/h3-4,13H,5-8H2,1-2H3. The van der Waals surface area contributed by atoms with Gasteiger partial charge < -0.3 is 9.84 Å². The summed E-state index contributed by atoms with van der Waals surface area (Å²) in [5.41, 5.74) is 0. The summed E-state index contributed by atoms with van der Waals surface area (Å²) in [7, 11) is 3.35. The van der Waals surface area contributed by atoms with Crippen molar-refractivity contribution in [2.75, 3.05) is 27.3 Å². The van der Waals surface area contributed by atoms with Crippen LogP contribution in [-0.4, -0.2) is 43.3 Å². The molecular weight excluding hydrogens is 226 g/mol. The number of carbonyl (C=O) groups excluding carboxylic acids is 1. The summed E-state index contributed by atoms with van der Waals surface area (Å²) in [5, 5.41) is 8.77. The van der Waals surface area contributed by atoms with E-state index in [1.165, 1.54) is 12.0 Å². The zero-order valence-corrected chi connectivity index (χ0v) is 10.4. The highest BCUT2D eigenvalue weighted by molar-refractivity contribution is 7.12. The molecule has 0 unspecified atom stereocenters. The zero-order chi connectivity index (χ0) is 12.0. The van der Waals surface area contributed by atoms with E-state index in [2.05, 4.69) is 4.74 Å². The fraction of sp³-hybridized carbons (Fsp3) is 0.545. The molecule has 1 aromatic rings. The van der Waals surface area contributed by atoms with Crippen LogP contribution >= 0.6 is 11.3 Å². The molecule has 4 nitrogen and oxygen atoms in total. The summed E-state index contributed by atoms with van der Waals surface area (Å²) in [6.45, 7) is 1.62. The molecule has 1 heterocycles. The van der Waals surface area contributed by atoms with Gasteiger partial charge in [0.2, 0.25) is 0 Å². The first-order valence-electron chi connectivity index (χ1n) is 5.09. The van der Waals surface area contributed by atoms with E-state index in [-0.39, 0.29) is 12.6 Å². The number of hydrogen-bond donors (Lipinski definition) is 1. The van der Waals surface area contributed by atoms with Gasteiger partial charge in [0, 0.05) is 22.8 Å². The molecule has 0 spiro atoms. The van der Waals surface area contributed by atoms with Gasteiger partial charge in [-0.2, -0.15) is 0 Å². The maximum atomic E-state index is 11.1. The van der Waals surface area contributed by atoms with Crippen molar-refractivity contribution in [2.45, 2.75) is 13.0 Å². The molecule has 0 aliphatic heterocycles. The van der Waals surface area contributed by atoms with E-state index >= 15 is 0 Å². The van der Waals surface area contributed by atoms with Crippen LogP contribution in [-0.2, 0) is 22.5 Å². The lowest BCUT2D eigenvalue weighted by molar-refractivity contribution is -0.139. The molecule has 0 saturated carbocycles. The van der Waals surface area contributed by atoms with Crippen LogP contribution in [0.1, 0.15) is 9.75 Å². The lowest BCUT2D eigenvalue weighted by Gasteiger charge is -2.12. The predicted octanol–water partition coefficient (Wildman–Crippen LogP) is 0.888. The molecule has 5 heteroatoms. The second-order valence-corrected chi connectivity index (χ2v) is 4.84. The lowest BCUT2D eigenvalue weighted by Crippen LogP contribution is -2.20. The minimum absolute atomic E-state index is 0.164. The molecule has 0 amide bonds. The Morgan fingerprint density at radius 2 is 2.19 bits per heavy atom. The molecule has 0 saturated heterocycles. The third kappa shape index (κ3) is 4.30. The minimum atomic E-state index is -0.211. The summed E-state index contributed by atoms with van der Waals surface area (Å²) < 4.78 is 4.61. The molecule has 0 fully saturated rings. The quantitative estimate of drug-likeness (QED) is 0.754. The average Bonchev–Trinajstić information content (AvgIpc) is 2.65. The van der Waals surface area contributed by atoms with Gasteiger partial charge in [0.15, 0.2) is 0 Å². The Kier molecular flexibility index (Phi) is 5.45. The van der Waals surface area contributed by atoms with Crippen molar-refractivity contribution in [1.29, 1.82) is 0 Å². The van der Waals surface area contributed by atoms with Crippen LogP contribution in [0.15, 0.2) is 12.1 Å². The monoisotopic (exact) mass is 243 g/mol. The number of likely N-dealkylation sites (N-methyl/N-ethyl adjacent to an activating group) is 1. The van der Waals surface area contributed by atoms with Crippen LogP contribution in [0.2, 0.25) is 0 Å². The van der Waals surface area contributed by atoms with Crippen molar-refractivity contribution in [2.24, 2.45) is 0 Å². The molecule has 1 rings (SSSR count). The maximum Gasteiger partial charge on any atom is 0.310 e. The van der Waals surface area contributed by atoms with Crippen LogP contribution < -0.4 is 0 Å². The minimum Gasteiger partial charge on any atom is -0.469 e. The van der Waals surface area contributed by atoms with E-state index in [9.17, 15) is 4.79 Å². The van der Waals surface area contributed by atoms with Crippen LogP contribution in [0.4, 0.5) is 0 Å². The molecule has 16 heavy (non-hydrogen) atoms. The third-order valence-electron chi connectivity index (χ3n) is 2.17. The molecular formula is C11H17NO3S. The number of aliphatic hydroxyl groups excluding tert-OH is 1. The number of rotatable bonds is 6. The van der Waals surface area contributed by atoms with Gasteiger partial charge >= 0.3 is 5.97 Å². The van der Waals surface area contributed by atoms with Crippen molar-refractivity contribution >= 4 is 17.3 Å². The topological polar surface area (TPSA) is 49.8 Å². The van der Waals surface area contributed by atoms with Crippen molar-refractivity contribution in [3.05, 3.63) is 21.9 Å². The van der Waals surface area contributed by atoms with Crippen molar-refractivity contribution in [1.82, 2.24) is 4.90 Å². The Morgan fingerprint density at radius 3 is 2.81 bits per heavy atom. The van der Waals surface area contributed by atoms with Gasteiger partial charge in [-0.15, -0.1) is 11.3 Å². The smallest absolute Gasteiger partial charge is 0.310 e. The van der Waals surface area contributed by atoms with Gasteiger partial charge in [-0.3, -0.25) is 9.69 Å². The molecule has 0 aliphatic carbocycles. The van der Waals surface area contributed by atoms with E-state index in [1.54, 1.807) is 11.3 Å². The van der Waals surface area contributed by atoms with Gasteiger partial charge in [-0.25, -0.2) is 0 Å². The summed E-state index contributed by atoms with van der Waals surface area (Å²) in [5.74, 6) is -0.211. The number of methoxy groups -OCH3 is 1. The fourth-order valence-corrected chi connectivity index (χ4v) is 2.42. The van der Waals surface area contributed by atoms with E-state index in [0.717, 1.165) is 11.4 Å². The van der Waals surface area contributed by atoms with Crippen LogP contribution in [0.5, 0.6) is 0 Å². The number of hydrogen-bond acceptors (Lipinski definition) is 5. The highest BCUT2D eigenvalue weighted by Crippen LogP contribution is 2.18. The van der Waals surface area contributed by atoms with Gasteiger partial charge in [-0.1, -0.05) is 0 Å². The molecule has 1 aromatic heterocycles. The Hall–Kier alpha value is -0.910. The number of thiophene rings is 1. The molecule has 0 radical (unpaired) electrons. The van der Waals surface area contributed by atoms with Crippen LogP contribution in [0.3, 0.4) is 0 Å². The molecule has 1 N–H and O–H groups in total.